The van der Waals surface area contributed by atoms with E-state index in [1.54, 1.807) is 37.4 Å². The van der Waals surface area contributed by atoms with Crippen molar-refractivity contribution in [1.29, 1.82) is 0 Å². The van der Waals surface area contributed by atoms with Gasteiger partial charge in [0.15, 0.2) is 5.69 Å². The first-order valence-electron chi connectivity index (χ1n) is 15.3. The van der Waals surface area contributed by atoms with Crippen LogP contribution in [-0.4, -0.2) is 66.9 Å². The molecule has 1 aromatic heterocycles. The number of anilines is 2. The summed E-state index contributed by atoms with van der Waals surface area (Å²) in [4.78, 5) is 36.8. The monoisotopic (exact) mass is 619 g/mol. The highest BCUT2D eigenvalue weighted by Crippen LogP contribution is 2.22. The van der Waals surface area contributed by atoms with E-state index in [2.05, 4.69) is 49.5 Å². The van der Waals surface area contributed by atoms with Crippen molar-refractivity contribution >= 4 is 23.6 Å². The van der Waals surface area contributed by atoms with Crippen LogP contribution in [-0.2, 0) is 16.0 Å². The van der Waals surface area contributed by atoms with Crippen LogP contribution < -0.4 is 15.4 Å². The molecule has 1 fully saturated rings. The number of hydrogen-bond acceptors (Lipinski definition) is 8. The van der Waals surface area contributed by atoms with Gasteiger partial charge < -0.3 is 19.5 Å². The zero-order valence-electron chi connectivity index (χ0n) is 26.0. The Balaban J connectivity index is 1.30. The molecule has 0 spiro atoms. The molecule has 0 saturated carbocycles. The van der Waals surface area contributed by atoms with Crippen LogP contribution >= 0.6 is 0 Å². The fourth-order valence-corrected chi connectivity index (χ4v) is 4.68. The van der Waals surface area contributed by atoms with Crippen molar-refractivity contribution < 1.29 is 23.8 Å². The molecule has 2 amide bonds. The van der Waals surface area contributed by atoms with Gasteiger partial charge >= 0.3 is 12.0 Å². The quantitative estimate of drug-likeness (QED) is 0.127. The predicted octanol–water partition coefficient (Wildman–Crippen LogP) is 5.99. The van der Waals surface area contributed by atoms with Crippen LogP contribution in [0.5, 0.6) is 5.75 Å². The SMILES string of the molecule is CCCCOC(=O)c1cc(-c2ccc(C#Cc3ccc(CN4CCOCC4)cc3)cc2)nc(NC(=O)Nc2cccc(OC)c2)n1. The van der Waals surface area contributed by atoms with Crippen LogP contribution in [0, 0.1) is 11.8 Å². The summed E-state index contributed by atoms with van der Waals surface area (Å²) < 4.78 is 16.0. The van der Waals surface area contributed by atoms with Crippen molar-refractivity contribution in [3.8, 4) is 28.8 Å². The number of esters is 1. The van der Waals surface area contributed by atoms with E-state index in [-0.39, 0.29) is 18.2 Å². The fourth-order valence-electron chi connectivity index (χ4n) is 4.68. The van der Waals surface area contributed by atoms with Gasteiger partial charge in [-0.2, -0.15) is 0 Å². The lowest BCUT2D eigenvalue weighted by Gasteiger charge is -2.26. The summed E-state index contributed by atoms with van der Waals surface area (Å²) in [5.74, 6) is 6.40. The molecule has 0 radical (unpaired) electrons. The molecule has 2 heterocycles. The van der Waals surface area contributed by atoms with Gasteiger partial charge in [-0.25, -0.2) is 19.6 Å². The largest absolute Gasteiger partial charge is 0.497 e. The number of urea groups is 1. The van der Waals surface area contributed by atoms with Gasteiger partial charge in [-0.3, -0.25) is 10.2 Å². The molecule has 1 aliphatic rings. The van der Waals surface area contributed by atoms with E-state index >= 15 is 0 Å². The topological polar surface area (TPSA) is 115 Å². The van der Waals surface area contributed by atoms with E-state index in [1.807, 2.05) is 43.3 Å². The maximum Gasteiger partial charge on any atom is 0.357 e. The summed E-state index contributed by atoms with van der Waals surface area (Å²) in [6, 6.07) is 23.7. The number of hydrogen-bond donors (Lipinski definition) is 2. The second kappa shape index (κ2) is 16.2. The molecule has 10 heteroatoms. The van der Waals surface area contributed by atoms with Crippen LogP contribution in [0.3, 0.4) is 0 Å². The van der Waals surface area contributed by atoms with E-state index in [1.165, 1.54) is 5.56 Å². The van der Waals surface area contributed by atoms with Gasteiger partial charge in [0.1, 0.15) is 5.75 Å². The average molecular weight is 620 g/mol. The van der Waals surface area contributed by atoms with Crippen molar-refractivity contribution in [2.75, 3.05) is 50.7 Å². The Hall–Kier alpha value is -5.24. The number of methoxy groups -OCH3 is 1. The molecule has 3 aromatic carbocycles. The number of rotatable bonds is 10. The van der Waals surface area contributed by atoms with Crippen molar-refractivity contribution in [1.82, 2.24) is 14.9 Å². The van der Waals surface area contributed by atoms with Crippen LogP contribution in [0.25, 0.3) is 11.3 Å². The highest BCUT2D eigenvalue weighted by atomic mass is 16.5. The third-order valence-electron chi connectivity index (χ3n) is 7.21. The van der Waals surface area contributed by atoms with Crippen LogP contribution in [0.1, 0.15) is 46.9 Å². The molecule has 5 rings (SSSR count). The molecular weight excluding hydrogens is 582 g/mol. The van der Waals surface area contributed by atoms with Gasteiger partial charge in [0.25, 0.3) is 0 Å². The molecule has 2 N–H and O–H groups in total. The number of carbonyl (C=O) groups excluding carboxylic acids is 2. The molecule has 0 aliphatic carbocycles. The summed E-state index contributed by atoms with van der Waals surface area (Å²) in [6.07, 6.45) is 1.62. The smallest absolute Gasteiger partial charge is 0.357 e. The summed E-state index contributed by atoms with van der Waals surface area (Å²) in [6.45, 7) is 6.67. The molecule has 1 aliphatic heterocycles. The second-order valence-corrected chi connectivity index (χ2v) is 10.7. The van der Waals surface area contributed by atoms with E-state index in [4.69, 9.17) is 14.2 Å². The number of amides is 2. The summed E-state index contributed by atoms with van der Waals surface area (Å²) in [5, 5.41) is 5.35. The lowest BCUT2D eigenvalue weighted by Crippen LogP contribution is -2.35. The van der Waals surface area contributed by atoms with Crippen LogP contribution in [0.2, 0.25) is 0 Å². The normalized spacial score (nSPS) is 12.8. The highest BCUT2D eigenvalue weighted by molar-refractivity contribution is 5.99. The number of nitrogens with one attached hydrogen (secondary N) is 2. The van der Waals surface area contributed by atoms with Gasteiger partial charge in [0.05, 0.1) is 32.6 Å². The molecule has 0 atom stereocenters. The van der Waals surface area contributed by atoms with Gasteiger partial charge in [-0.15, -0.1) is 0 Å². The summed E-state index contributed by atoms with van der Waals surface area (Å²) >= 11 is 0. The number of carbonyl (C=O) groups is 2. The first-order chi connectivity index (χ1) is 22.5. The van der Waals surface area contributed by atoms with Gasteiger partial charge in [0, 0.05) is 48.1 Å². The Kier molecular flexibility index (Phi) is 11.3. The minimum atomic E-state index is -0.591. The zero-order chi connectivity index (χ0) is 32.1. The number of nitrogens with zero attached hydrogens (tertiary/aromatic N) is 3. The number of ether oxygens (including phenoxy) is 3. The maximum absolute atomic E-state index is 12.8. The van der Waals surface area contributed by atoms with Gasteiger partial charge in [0.2, 0.25) is 5.95 Å². The Morgan fingerprint density at radius 2 is 1.63 bits per heavy atom. The van der Waals surface area contributed by atoms with E-state index < -0.39 is 12.0 Å². The zero-order valence-corrected chi connectivity index (χ0v) is 26.0. The van der Waals surface area contributed by atoms with Crippen molar-refractivity contribution in [3.05, 3.63) is 101 Å². The molecule has 0 bridgehead atoms. The maximum atomic E-state index is 12.8. The van der Waals surface area contributed by atoms with Gasteiger partial charge in [-0.05, 0) is 54.4 Å². The summed E-state index contributed by atoms with van der Waals surface area (Å²) in [7, 11) is 1.55. The van der Waals surface area contributed by atoms with Crippen molar-refractivity contribution in [3.63, 3.8) is 0 Å². The molecule has 0 unspecified atom stereocenters. The average Bonchev–Trinajstić information content (AvgIpc) is 3.08. The molecule has 4 aromatic rings. The number of benzene rings is 3. The Morgan fingerprint density at radius 3 is 2.33 bits per heavy atom. The van der Waals surface area contributed by atoms with E-state index in [0.717, 1.165) is 62.4 Å². The second-order valence-electron chi connectivity index (χ2n) is 10.7. The van der Waals surface area contributed by atoms with Crippen molar-refractivity contribution in [2.45, 2.75) is 26.3 Å². The standard InChI is InChI=1S/C36H37N5O5/c1-3-4-20-46-34(42)33-24-32(38-35(39-33)40-36(43)37-30-6-5-7-31(23-30)44-2)29-16-14-27(15-17-29)9-8-26-10-12-28(13-11-26)25-41-18-21-45-22-19-41/h5-7,10-17,23-24H,3-4,18-22,25H2,1-2H3,(H2,37,38,39,40,43). The molecule has 10 nitrogen and oxygen atoms in total. The van der Waals surface area contributed by atoms with Gasteiger partial charge in [-0.1, -0.05) is 55.5 Å². The fraction of sp³-hybridized carbons (Fsp3) is 0.278. The Labute approximate surface area is 269 Å². The molecule has 46 heavy (non-hydrogen) atoms. The minimum Gasteiger partial charge on any atom is -0.497 e. The molecule has 236 valence electrons. The van der Waals surface area contributed by atoms with Crippen LogP contribution in [0.4, 0.5) is 16.4 Å². The Morgan fingerprint density at radius 1 is 0.913 bits per heavy atom. The highest BCUT2D eigenvalue weighted by Gasteiger charge is 2.16. The minimum absolute atomic E-state index is 0.0405. The van der Waals surface area contributed by atoms with Crippen molar-refractivity contribution in [2.24, 2.45) is 0 Å². The number of aromatic nitrogens is 2. The first kappa shape index (κ1) is 32.2. The third-order valence-corrected chi connectivity index (χ3v) is 7.21. The third kappa shape index (κ3) is 9.38. The van der Waals surface area contributed by atoms with E-state index in [9.17, 15) is 9.59 Å². The predicted molar refractivity (Wildman–Crippen MR) is 177 cm³/mol. The summed E-state index contributed by atoms with van der Waals surface area (Å²) in [5.41, 5.74) is 4.74. The molecular formula is C36H37N5O5. The first-order valence-corrected chi connectivity index (χ1v) is 15.3. The molecule has 1 saturated heterocycles. The lowest BCUT2D eigenvalue weighted by atomic mass is 10.1. The van der Waals surface area contributed by atoms with Crippen LogP contribution in [0.15, 0.2) is 78.9 Å². The Bertz CT molecular complexity index is 1690. The number of morpholine rings is 1. The van der Waals surface area contributed by atoms with E-state index in [0.29, 0.717) is 17.1 Å². The number of unbranched alkanes of at least 4 members (excludes halogenated alkanes) is 1. The lowest BCUT2D eigenvalue weighted by molar-refractivity contribution is 0.0342.